The van der Waals surface area contributed by atoms with Gasteiger partial charge in [0.2, 0.25) is 5.91 Å². The molecule has 1 aromatic carbocycles. The number of nitrogens with one attached hydrogen (secondary N) is 1. The van der Waals surface area contributed by atoms with Crippen LogP contribution < -0.4 is 15.8 Å². The summed E-state index contributed by atoms with van der Waals surface area (Å²) >= 11 is 0. The molecule has 0 aliphatic heterocycles. The molecule has 2 rings (SSSR count). The Kier molecular flexibility index (Phi) is 5.62. The second-order valence-electron chi connectivity index (χ2n) is 5.80. The highest BCUT2D eigenvalue weighted by Crippen LogP contribution is 2.25. The summed E-state index contributed by atoms with van der Waals surface area (Å²) in [5.41, 5.74) is 7.20. The van der Waals surface area contributed by atoms with E-state index in [1.807, 2.05) is 24.3 Å². The van der Waals surface area contributed by atoms with Crippen LogP contribution >= 0.6 is 0 Å². The molecule has 0 saturated heterocycles. The Hall–Kier alpha value is -1.55. The van der Waals surface area contributed by atoms with Gasteiger partial charge in [0, 0.05) is 6.04 Å². The van der Waals surface area contributed by atoms with Gasteiger partial charge in [0.05, 0.1) is 19.1 Å². The van der Waals surface area contributed by atoms with Gasteiger partial charge in [-0.15, -0.1) is 0 Å². The summed E-state index contributed by atoms with van der Waals surface area (Å²) in [4.78, 5) is 12.5. The third-order valence-electron chi connectivity index (χ3n) is 4.40. The third kappa shape index (κ3) is 3.97. The smallest absolute Gasteiger partial charge is 0.225 e. The van der Waals surface area contributed by atoms with Crippen molar-refractivity contribution in [1.29, 1.82) is 0 Å². The largest absolute Gasteiger partial charge is 0.497 e. The van der Waals surface area contributed by atoms with Crippen LogP contribution in [-0.4, -0.2) is 19.1 Å². The van der Waals surface area contributed by atoms with E-state index in [-0.39, 0.29) is 23.9 Å². The van der Waals surface area contributed by atoms with E-state index in [0.717, 1.165) is 43.4 Å². The predicted octanol–water partition coefficient (Wildman–Crippen LogP) is 2.78. The molecule has 3 atom stereocenters. The fourth-order valence-electron chi connectivity index (χ4n) is 3.02. The maximum absolute atomic E-state index is 12.5. The molecule has 0 aromatic heterocycles. The molecule has 3 N–H and O–H groups in total. The molecule has 1 aliphatic rings. The van der Waals surface area contributed by atoms with Crippen LogP contribution in [0.2, 0.25) is 0 Å². The number of rotatable bonds is 5. The van der Waals surface area contributed by atoms with Gasteiger partial charge in [0.15, 0.2) is 0 Å². The van der Waals surface area contributed by atoms with Gasteiger partial charge in [-0.1, -0.05) is 31.9 Å². The van der Waals surface area contributed by atoms with Gasteiger partial charge in [-0.25, -0.2) is 0 Å². The van der Waals surface area contributed by atoms with Gasteiger partial charge >= 0.3 is 0 Å². The highest BCUT2D eigenvalue weighted by atomic mass is 16.5. The topological polar surface area (TPSA) is 64.4 Å². The van der Waals surface area contributed by atoms with E-state index in [1.54, 1.807) is 7.11 Å². The lowest BCUT2D eigenvalue weighted by molar-refractivity contribution is -0.127. The number of nitrogens with two attached hydrogens (primary N) is 1. The Morgan fingerprint density at radius 2 is 2.00 bits per heavy atom. The molecule has 21 heavy (non-hydrogen) atoms. The summed E-state index contributed by atoms with van der Waals surface area (Å²) in [5.74, 6) is 0.894. The van der Waals surface area contributed by atoms with Crippen molar-refractivity contribution in [2.45, 2.75) is 51.1 Å². The van der Waals surface area contributed by atoms with E-state index in [4.69, 9.17) is 10.5 Å². The molecule has 0 spiro atoms. The van der Waals surface area contributed by atoms with Crippen LogP contribution in [0.15, 0.2) is 24.3 Å². The molecule has 1 fully saturated rings. The van der Waals surface area contributed by atoms with E-state index < -0.39 is 0 Å². The lowest BCUT2D eigenvalue weighted by atomic mass is 9.84. The number of amides is 1. The Balaban J connectivity index is 2.01. The number of hydrogen-bond acceptors (Lipinski definition) is 3. The predicted molar refractivity (Wildman–Crippen MR) is 84.1 cm³/mol. The molecule has 116 valence electrons. The summed E-state index contributed by atoms with van der Waals surface area (Å²) in [6, 6.07) is 7.92. The zero-order valence-corrected chi connectivity index (χ0v) is 13.0. The number of methoxy groups -OCH3 is 1. The van der Waals surface area contributed by atoms with Crippen LogP contribution in [0.1, 0.15) is 50.6 Å². The number of carbonyl (C=O) groups is 1. The van der Waals surface area contributed by atoms with Gasteiger partial charge < -0.3 is 15.8 Å². The standard InChI is InChI=1S/C17H26N2O2/c1-3-16(12-8-10-13(21-2)11-9-12)19-17(20)14-6-4-5-7-15(14)18/h8-11,14-16H,3-7,18H2,1-2H3,(H,19,20). The van der Waals surface area contributed by atoms with Gasteiger partial charge in [-0.2, -0.15) is 0 Å². The summed E-state index contributed by atoms with van der Waals surface area (Å²) in [7, 11) is 1.65. The Morgan fingerprint density at radius 3 is 2.57 bits per heavy atom. The van der Waals surface area contributed by atoms with Crippen LogP contribution in [0.25, 0.3) is 0 Å². The van der Waals surface area contributed by atoms with E-state index in [1.165, 1.54) is 0 Å². The van der Waals surface area contributed by atoms with E-state index >= 15 is 0 Å². The molecular weight excluding hydrogens is 264 g/mol. The van der Waals surface area contributed by atoms with E-state index in [2.05, 4.69) is 12.2 Å². The molecule has 1 aliphatic carbocycles. The summed E-state index contributed by atoms with van der Waals surface area (Å²) in [6.45, 7) is 2.08. The molecule has 0 bridgehead atoms. The van der Waals surface area contributed by atoms with Crippen molar-refractivity contribution < 1.29 is 9.53 Å². The average Bonchev–Trinajstić information content (AvgIpc) is 2.53. The van der Waals surface area contributed by atoms with Crippen LogP contribution in [0.4, 0.5) is 0 Å². The molecule has 1 saturated carbocycles. The molecule has 0 radical (unpaired) electrons. The van der Waals surface area contributed by atoms with Crippen LogP contribution in [-0.2, 0) is 4.79 Å². The van der Waals surface area contributed by atoms with Crippen molar-refractivity contribution in [3.63, 3.8) is 0 Å². The zero-order valence-electron chi connectivity index (χ0n) is 13.0. The Morgan fingerprint density at radius 1 is 1.33 bits per heavy atom. The normalized spacial score (nSPS) is 23.4. The van der Waals surface area contributed by atoms with Crippen molar-refractivity contribution in [1.82, 2.24) is 5.32 Å². The third-order valence-corrected chi connectivity index (χ3v) is 4.40. The van der Waals surface area contributed by atoms with Crippen LogP contribution in [0.5, 0.6) is 5.75 Å². The van der Waals surface area contributed by atoms with Gasteiger partial charge in [0.1, 0.15) is 5.75 Å². The molecule has 1 aromatic rings. The van der Waals surface area contributed by atoms with Crippen molar-refractivity contribution in [3.05, 3.63) is 29.8 Å². The van der Waals surface area contributed by atoms with Gasteiger partial charge in [-0.05, 0) is 37.0 Å². The van der Waals surface area contributed by atoms with Gasteiger partial charge in [0.25, 0.3) is 0 Å². The molecule has 1 amide bonds. The fourth-order valence-corrected chi connectivity index (χ4v) is 3.02. The highest BCUT2D eigenvalue weighted by molar-refractivity contribution is 5.80. The maximum atomic E-state index is 12.5. The highest BCUT2D eigenvalue weighted by Gasteiger charge is 2.29. The first kappa shape index (κ1) is 15.8. The summed E-state index contributed by atoms with van der Waals surface area (Å²) < 4.78 is 5.17. The van der Waals surface area contributed by atoms with Crippen LogP contribution in [0.3, 0.4) is 0 Å². The van der Waals surface area contributed by atoms with E-state index in [0.29, 0.717) is 0 Å². The summed E-state index contributed by atoms with van der Waals surface area (Å²) in [5, 5.41) is 3.16. The molecule has 3 unspecified atom stereocenters. The van der Waals surface area contributed by atoms with E-state index in [9.17, 15) is 4.79 Å². The average molecular weight is 290 g/mol. The molecular formula is C17H26N2O2. The first-order chi connectivity index (χ1) is 10.2. The minimum absolute atomic E-state index is 0.00660. The van der Waals surface area contributed by atoms with Crippen molar-refractivity contribution in [2.75, 3.05) is 7.11 Å². The minimum Gasteiger partial charge on any atom is -0.497 e. The quantitative estimate of drug-likeness (QED) is 0.876. The van der Waals surface area contributed by atoms with Crippen molar-refractivity contribution in [3.8, 4) is 5.75 Å². The monoisotopic (exact) mass is 290 g/mol. The van der Waals surface area contributed by atoms with Crippen molar-refractivity contribution >= 4 is 5.91 Å². The van der Waals surface area contributed by atoms with Crippen LogP contribution in [0, 0.1) is 5.92 Å². The molecule has 4 nitrogen and oxygen atoms in total. The minimum atomic E-state index is -0.0361. The lowest BCUT2D eigenvalue weighted by Gasteiger charge is -2.29. The zero-order chi connectivity index (χ0) is 15.2. The first-order valence-electron chi connectivity index (χ1n) is 7.85. The second kappa shape index (κ2) is 7.46. The lowest BCUT2D eigenvalue weighted by Crippen LogP contribution is -2.44. The molecule has 4 heteroatoms. The fraction of sp³-hybridized carbons (Fsp3) is 0.588. The second-order valence-corrected chi connectivity index (χ2v) is 5.80. The van der Waals surface area contributed by atoms with Gasteiger partial charge in [-0.3, -0.25) is 4.79 Å². The number of hydrogen-bond donors (Lipinski definition) is 2. The summed E-state index contributed by atoms with van der Waals surface area (Å²) in [6.07, 6.45) is 4.97. The SMILES string of the molecule is CCC(NC(=O)C1CCCCC1N)c1ccc(OC)cc1. The Bertz CT molecular complexity index is 458. The number of ether oxygens (including phenoxy) is 1. The number of benzene rings is 1. The maximum Gasteiger partial charge on any atom is 0.225 e. The Labute approximate surface area is 127 Å². The molecule has 0 heterocycles. The first-order valence-corrected chi connectivity index (χ1v) is 7.85. The van der Waals surface area contributed by atoms with Crippen molar-refractivity contribution in [2.24, 2.45) is 11.7 Å². The number of carbonyl (C=O) groups excluding carboxylic acids is 1.